The Morgan fingerprint density at radius 3 is 2.56 bits per heavy atom. The Kier molecular flexibility index (Phi) is 4.78. The van der Waals surface area contributed by atoms with Gasteiger partial charge in [0.25, 0.3) is 0 Å². The SMILES string of the molecule is CCC(C)(C)NC(=O)C1CCCCC1CN. The van der Waals surface area contributed by atoms with Crippen LogP contribution in [0.4, 0.5) is 0 Å². The molecule has 3 heteroatoms. The van der Waals surface area contributed by atoms with E-state index in [1.54, 1.807) is 0 Å². The van der Waals surface area contributed by atoms with E-state index in [0.29, 0.717) is 12.5 Å². The number of carbonyl (C=O) groups is 1. The van der Waals surface area contributed by atoms with E-state index in [9.17, 15) is 4.79 Å². The summed E-state index contributed by atoms with van der Waals surface area (Å²) in [6.07, 6.45) is 5.47. The first-order valence-electron chi connectivity index (χ1n) is 6.52. The monoisotopic (exact) mass is 226 g/mol. The van der Waals surface area contributed by atoms with E-state index < -0.39 is 0 Å². The average Bonchev–Trinajstić information content (AvgIpc) is 2.28. The molecule has 0 spiro atoms. The molecule has 1 rings (SSSR count). The fraction of sp³-hybridized carbons (Fsp3) is 0.923. The van der Waals surface area contributed by atoms with Gasteiger partial charge in [-0.05, 0) is 45.6 Å². The summed E-state index contributed by atoms with van der Waals surface area (Å²) in [7, 11) is 0. The summed E-state index contributed by atoms with van der Waals surface area (Å²) in [4.78, 5) is 12.2. The van der Waals surface area contributed by atoms with Gasteiger partial charge in [0.15, 0.2) is 0 Å². The minimum absolute atomic E-state index is 0.0896. The second kappa shape index (κ2) is 5.67. The van der Waals surface area contributed by atoms with Crippen molar-refractivity contribution in [2.45, 2.75) is 58.4 Å². The zero-order chi connectivity index (χ0) is 12.2. The summed E-state index contributed by atoms with van der Waals surface area (Å²) in [6, 6.07) is 0. The van der Waals surface area contributed by atoms with E-state index in [1.807, 2.05) is 0 Å². The van der Waals surface area contributed by atoms with Gasteiger partial charge in [-0.15, -0.1) is 0 Å². The first-order chi connectivity index (χ1) is 7.50. The van der Waals surface area contributed by atoms with Crippen LogP contribution in [0.2, 0.25) is 0 Å². The number of amides is 1. The minimum Gasteiger partial charge on any atom is -0.351 e. The highest BCUT2D eigenvalue weighted by Gasteiger charge is 2.32. The molecule has 1 fully saturated rings. The van der Waals surface area contributed by atoms with Crippen molar-refractivity contribution in [3.63, 3.8) is 0 Å². The molecular formula is C13H26N2O. The Bertz CT molecular complexity index is 238. The molecule has 1 aliphatic rings. The summed E-state index contributed by atoms with van der Waals surface area (Å²) in [5, 5.41) is 3.15. The van der Waals surface area contributed by atoms with Crippen LogP contribution < -0.4 is 11.1 Å². The summed E-state index contributed by atoms with van der Waals surface area (Å²) in [5.41, 5.74) is 5.66. The molecule has 3 nitrogen and oxygen atoms in total. The second-order valence-corrected chi connectivity index (χ2v) is 5.61. The summed E-state index contributed by atoms with van der Waals surface area (Å²) >= 11 is 0. The van der Waals surface area contributed by atoms with Crippen molar-refractivity contribution < 1.29 is 4.79 Å². The molecule has 0 aliphatic heterocycles. The van der Waals surface area contributed by atoms with Crippen LogP contribution >= 0.6 is 0 Å². The predicted molar refractivity (Wildman–Crippen MR) is 67.0 cm³/mol. The fourth-order valence-corrected chi connectivity index (χ4v) is 2.35. The molecule has 94 valence electrons. The maximum atomic E-state index is 12.2. The number of carbonyl (C=O) groups excluding carboxylic acids is 1. The van der Waals surface area contributed by atoms with Gasteiger partial charge in [0.1, 0.15) is 0 Å². The van der Waals surface area contributed by atoms with Crippen molar-refractivity contribution in [3.05, 3.63) is 0 Å². The van der Waals surface area contributed by atoms with Gasteiger partial charge in [0.2, 0.25) is 5.91 Å². The first-order valence-corrected chi connectivity index (χ1v) is 6.52. The molecular weight excluding hydrogens is 200 g/mol. The number of rotatable bonds is 4. The molecule has 0 radical (unpaired) electrons. The van der Waals surface area contributed by atoms with Gasteiger partial charge >= 0.3 is 0 Å². The molecule has 0 saturated heterocycles. The summed E-state index contributed by atoms with van der Waals surface area (Å²) in [5.74, 6) is 0.744. The Labute approximate surface area is 99.2 Å². The van der Waals surface area contributed by atoms with Crippen LogP contribution in [0.5, 0.6) is 0 Å². The lowest BCUT2D eigenvalue weighted by Crippen LogP contribution is -2.48. The molecule has 1 amide bonds. The lowest BCUT2D eigenvalue weighted by Gasteiger charge is -2.33. The van der Waals surface area contributed by atoms with Gasteiger partial charge in [-0.25, -0.2) is 0 Å². The molecule has 0 heterocycles. The highest BCUT2D eigenvalue weighted by atomic mass is 16.2. The molecule has 0 aromatic rings. The molecule has 1 aliphatic carbocycles. The third kappa shape index (κ3) is 3.48. The van der Waals surface area contributed by atoms with Crippen LogP contribution in [0.1, 0.15) is 52.9 Å². The molecule has 2 atom stereocenters. The minimum atomic E-state index is -0.0896. The van der Waals surface area contributed by atoms with Gasteiger partial charge in [-0.3, -0.25) is 4.79 Å². The van der Waals surface area contributed by atoms with Crippen LogP contribution in [0.25, 0.3) is 0 Å². The van der Waals surface area contributed by atoms with Gasteiger partial charge in [0, 0.05) is 11.5 Å². The van der Waals surface area contributed by atoms with Gasteiger partial charge in [-0.1, -0.05) is 19.8 Å². The highest BCUT2D eigenvalue weighted by molar-refractivity contribution is 5.79. The zero-order valence-corrected chi connectivity index (χ0v) is 10.9. The Balaban J connectivity index is 2.57. The third-order valence-corrected chi connectivity index (χ3v) is 3.89. The normalized spacial score (nSPS) is 26.5. The van der Waals surface area contributed by atoms with Crippen molar-refractivity contribution >= 4 is 5.91 Å². The molecule has 0 aromatic carbocycles. The van der Waals surface area contributed by atoms with E-state index in [4.69, 9.17) is 5.73 Å². The Hall–Kier alpha value is -0.570. The standard InChI is InChI=1S/C13H26N2O/c1-4-13(2,3)15-12(16)11-8-6-5-7-10(11)9-14/h10-11H,4-9,14H2,1-3H3,(H,15,16). The topological polar surface area (TPSA) is 55.1 Å². The van der Waals surface area contributed by atoms with Crippen LogP contribution in [0.15, 0.2) is 0 Å². The number of nitrogens with one attached hydrogen (secondary N) is 1. The van der Waals surface area contributed by atoms with E-state index in [-0.39, 0.29) is 17.4 Å². The Morgan fingerprint density at radius 2 is 2.00 bits per heavy atom. The van der Waals surface area contributed by atoms with Gasteiger partial charge < -0.3 is 11.1 Å². The van der Waals surface area contributed by atoms with Gasteiger partial charge in [-0.2, -0.15) is 0 Å². The molecule has 0 bridgehead atoms. The smallest absolute Gasteiger partial charge is 0.223 e. The van der Waals surface area contributed by atoms with Crippen LogP contribution in [-0.4, -0.2) is 18.0 Å². The van der Waals surface area contributed by atoms with Gasteiger partial charge in [0.05, 0.1) is 0 Å². The summed E-state index contributed by atoms with van der Waals surface area (Å²) in [6.45, 7) is 6.89. The van der Waals surface area contributed by atoms with Crippen molar-refractivity contribution in [2.75, 3.05) is 6.54 Å². The molecule has 16 heavy (non-hydrogen) atoms. The van der Waals surface area contributed by atoms with Crippen LogP contribution in [0, 0.1) is 11.8 Å². The molecule has 2 unspecified atom stereocenters. The van der Waals surface area contributed by atoms with Crippen LogP contribution in [-0.2, 0) is 4.79 Å². The van der Waals surface area contributed by atoms with Crippen molar-refractivity contribution in [3.8, 4) is 0 Å². The summed E-state index contributed by atoms with van der Waals surface area (Å²) < 4.78 is 0. The fourth-order valence-electron chi connectivity index (χ4n) is 2.35. The van der Waals surface area contributed by atoms with Crippen LogP contribution in [0.3, 0.4) is 0 Å². The number of hydrogen-bond donors (Lipinski definition) is 2. The van der Waals surface area contributed by atoms with E-state index in [0.717, 1.165) is 19.3 Å². The van der Waals surface area contributed by atoms with E-state index in [1.165, 1.54) is 12.8 Å². The lowest BCUT2D eigenvalue weighted by molar-refractivity contribution is -0.129. The molecule has 1 saturated carbocycles. The van der Waals surface area contributed by atoms with Crippen molar-refractivity contribution in [1.82, 2.24) is 5.32 Å². The molecule has 3 N–H and O–H groups in total. The zero-order valence-electron chi connectivity index (χ0n) is 10.9. The molecule has 0 aromatic heterocycles. The quantitative estimate of drug-likeness (QED) is 0.771. The van der Waals surface area contributed by atoms with E-state index in [2.05, 4.69) is 26.1 Å². The first kappa shape index (κ1) is 13.5. The maximum absolute atomic E-state index is 12.2. The van der Waals surface area contributed by atoms with E-state index >= 15 is 0 Å². The van der Waals surface area contributed by atoms with Crippen molar-refractivity contribution in [1.29, 1.82) is 0 Å². The second-order valence-electron chi connectivity index (χ2n) is 5.61. The number of hydrogen-bond acceptors (Lipinski definition) is 2. The largest absolute Gasteiger partial charge is 0.351 e. The lowest BCUT2D eigenvalue weighted by atomic mass is 9.78. The third-order valence-electron chi connectivity index (χ3n) is 3.89. The number of nitrogens with two attached hydrogens (primary N) is 1. The average molecular weight is 226 g/mol. The van der Waals surface area contributed by atoms with Crippen molar-refractivity contribution in [2.24, 2.45) is 17.6 Å². The highest BCUT2D eigenvalue weighted by Crippen LogP contribution is 2.30. The predicted octanol–water partition coefficient (Wildman–Crippen LogP) is 2.06. The Morgan fingerprint density at radius 1 is 1.38 bits per heavy atom. The maximum Gasteiger partial charge on any atom is 0.223 e.